The minimum Gasteiger partial charge on any atom is -0.493 e. The van der Waals surface area contributed by atoms with Crippen LogP contribution in [0.15, 0.2) is 18.2 Å². The number of benzene rings is 1. The fourth-order valence-electron chi connectivity index (χ4n) is 2.91. The van der Waals surface area contributed by atoms with Gasteiger partial charge in [0.15, 0.2) is 0 Å². The van der Waals surface area contributed by atoms with Gasteiger partial charge in [0, 0.05) is 0 Å². The first-order valence-corrected chi connectivity index (χ1v) is 10.8. The van der Waals surface area contributed by atoms with Gasteiger partial charge in [-0.1, -0.05) is 45.1 Å². The molecule has 9 heteroatoms. The maximum atomic E-state index is 13.5. The number of halogens is 3. The monoisotopic (exact) mass is 438 g/mol. The molecule has 0 aliphatic carbocycles. The highest BCUT2D eigenvalue weighted by Gasteiger charge is 2.35. The van der Waals surface area contributed by atoms with Crippen LogP contribution in [0.4, 0.5) is 13.2 Å². The molecule has 0 heterocycles. The molecule has 1 aromatic rings. The summed E-state index contributed by atoms with van der Waals surface area (Å²) in [5, 5.41) is 9.40. The number of nitrogens with two attached hydrogens (primary N) is 1. The van der Waals surface area contributed by atoms with E-state index in [1.54, 1.807) is 6.07 Å². The van der Waals surface area contributed by atoms with Crippen LogP contribution in [0.2, 0.25) is 0 Å². The summed E-state index contributed by atoms with van der Waals surface area (Å²) in [6.45, 7) is 1.81. The van der Waals surface area contributed by atoms with Crippen molar-refractivity contribution in [1.29, 1.82) is 0 Å². The van der Waals surface area contributed by atoms with Crippen LogP contribution in [0.3, 0.4) is 0 Å². The predicted molar refractivity (Wildman–Crippen MR) is 108 cm³/mol. The number of hydrogen-bond donors (Lipinski definition) is 2. The number of aliphatic hydroxyl groups is 1. The molecule has 2 atom stereocenters. The molecule has 0 aliphatic heterocycles. The van der Waals surface area contributed by atoms with Gasteiger partial charge in [0.2, 0.25) is 0 Å². The number of ether oxygens (including phenoxy) is 1. The van der Waals surface area contributed by atoms with Crippen LogP contribution >= 0.6 is 8.69 Å². The van der Waals surface area contributed by atoms with Crippen LogP contribution in [-0.4, -0.2) is 30.5 Å². The van der Waals surface area contributed by atoms with Gasteiger partial charge in [-0.2, -0.15) is 13.2 Å². The third-order valence-electron chi connectivity index (χ3n) is 4.75. The van der Waals surface area contributed by atoms with E-state index in [0.717, 1.165) is 38.2 Å². The fraction of sp³-hybridized carbons (Fsp3) is 0.700. The van der Waals surface area contributed by atoms with Gasteiger partial charge < -0.3 is 15.6 Å². The molecule has 0 radical (unpaired) electrons. The van der Waals surface area contributed by atoms with Crippen molar-refractivity contribution in [3.8, 4) is 5.75 Å². The summed E-state index contributed by atoms with van der Waals surface area (Å²) in [7, 11) is -1.01. The zero-order valence-corrected chi connectivity index (χ0v) is 17.9. The summed E-state index contributed by atoms with van der Waals surface area (Å²) in [5.74, 6) is -0.174. The molecule has 0 amide bonds. The van der Waals surface area contributed by atoms with Crippen molar-refractivity contribution in [2.75, 3.05) is 19.8 Å². The molecule has 1 aromatic carbocycles. The van der Waals surface area contributed by atoms with Gasteiger partial charge in [-0.25, -0.2) is 0 Å². The lowest BCUT2D eigenvalue weighted by Gasteiger charge is -2.24. The molecule has 0 saturated carbocycles. The number of aryl methyl sites for hydroxylation is 1. The third kappa shape index (κ3) is 9.90. The van der Waals surface area contributed by atoms with Crippen molar-refractivity contribution >= 4 is 8.69 Å². The van der Waals surface area contributed by atoms with Gasteiger partial charge in [-0.15, -0.1) is 4.52 Å². The third-order valence-corrected chi connectivity index (χ3v) is 5.01. The van der Waals surface area contributed by atoms with E-state index in [4.69, 9.17) is 15.0 Å². The normalized spacial score (nSPS) is 14.1. The van der Waals surface area contributed by atoms with Gasteiger partial charge in [0.25, 0.3) is 0 Å². The summed E-state index contributed by atoms with van der Waals surface area (Å²) in [5.41, 5.74) is 4.40. The minimum absolute atomic E-state index is 0.142. The number of alkyl halides is 3. The van der Waals surface area contributed by atoms with Crippen LogP contribution in [0.1, 0.15) is 63.0 Å². The first-order valence-electron chi connectivity index (χ1n) is 9.97. The van der Waals surface area contributed by atoms with Gasteiger partial charge in [-0.05, 0) is 41.5 Å². The Hall–Kier alpha value is -1.21. The second-order valence-corrected chi connectivity index (χ2v) is 7.79. The molecule has 0 aromatic heterocycles. The Morgan fingerprint density at radius 1 is 1.14 bits per heavy atom. The van der Waals surface area contributed by atoms with Crippen LogP contribution < -0.4 is 10.5 Å². The Balaban J connectivity index is 2.70. The Morgan fingerprint density at radius 2 is 1.83 bits per heavy atom. The maximum Gasteiger partial charge on any atom is 0.494 e. The molecule has 1 rings (SSSR count). The summed E-state index contributed by atoms with van der Waals surface area (Å²) >= 11 is 0. The summed E-state index contributed by atoms with van der Waals surface area (Å²) in [4.78, 5) is 0. The van der Waals surface area contributed by atoms with E-state index in [1.807, 2.05) is 0 Å². The summed E-state index contributed by atoms with van der Waals surface area (Å²) in [6.07, 6.45) is 2.03. The molecule has 0 fully saturated rings. The average Bonchev–Trinajstić information content (AvgIpc) is 2.70. The highest BCUT2D eigenvalue weighted by molar-refractivity contribution is 7.17. The molecule has 3 N–H and O–H groups in total. The molecule has 166 valence electrons. The molecule has 2 unspecified atom stereocenters. The van der Waals surface area contributed by atoms with Crippen LogP contribution in [-0.2, 0) is 21.7 Å². The van der Waals surface area contributed by atoms with Gasteiger partial charge >= 0.3 is 14.9 Å². The second kappa shape index (κ2) is 13.2. The summed E-state index contributed by atoms with van der Waals surface area (Å²) in [6, 6.07) is 3.96. The smallest absolute Gasteiger partial charge is 0.493 e. The molecule has 0 bridgehead atoms. The summed E-state index contributed by atoms with van der Waals surface area (Å²) < 4.78 is 61.0. The lowest BCUT2D eigenvalue weighted by molar-refractivity contribution is -0.139. The van der Waals surface area contributed by atoms with E-state index in [-0.39, 0.29) is 31.8 Å². The highest BCUT2D eigenvalue weighted by Crippen LogP contribution is 2.37. The molecule has 0 saturated heterocycles. The van der Waals surface area contributed by atoms with E-state index in [1.165, 1.54) is 12.5 Å². The quantitative estimate of drug-likeness (QED) is 0.297. The Bertz CT molecular complexity index is 616. The van der Waals surface area contributed by atoms with E-state index in [0.29, 0.717) is 5.56 Å². The first-order chi connectivity index (χ1) is 13.8. The zero-order valence-electron chi connectivity index (χ0n) is 16.9. The molecular weight excluding hydrogens is 406 g/mol. The minimum atomic E-state index is -4.53. The highest BCUT2D eigenvalue weighted by atomic mass is 31.1. The van der Waals surface area contributed by atoms with Crippen LogP contribution in [0.25, 0.3) is 0 Å². The number of aliphatic hydroxyl groups excluding tert-OH is 1. The SMILES string of the molecule is CCCCCCCCOc1ccc(CCC(N)(CO)CO[PH+]=O)cc1C(F)(F)F. The molecule has 29 heavy (non-hydrogen) atoms. The van der Waals surface area contributed by atoms with E-state index in [9.17, 15) is 22.8 Å². The van der Waals surface area contributed by atoms with Gasteiger partial charge in [0.1, 0.15) is 12.4 Å². The van der Waals surface area contributed by atoms with E-state index in [2.05, 4.69) is 6.92 Å². The topological polar surface area (TPSA) is 81.8 Å². The lowest BCUT2D eigenvalue weighted by Crippen LogP contribution is -2.47. The Labute approximate surface area is 172 Å². The maximum absolute atomic E-state index is 13.5. The Kier molecular flexibility index (Phi) is 11.7. The van der Waals surface area contributed by atoms with Gasteiger partial charge in [0.05, 0.1) is 24.3 Å². The molecular formula is C20H32F3NO4P+. The molecule has 0 aliphatic rings. The standard InChI is InChI=1S/C20H32F3NO4P/c1-2-3-4-5-6-7-12-27-18-9-8-16(13-17(18)20(21,22)23)10-11-19(24,14-25)15-28-29-26/h8-9,13,25,29H,2-7,10-12,14-15,24H2,1H3/q+1. The van der Waals surface area contributed by atoms with Crippen molar-refractivity contribution < 1.29 is 32.1 Å². The second-order valence-electron chi connectivity index (χ2n) is 7.34. The number of unbranched alkanes of at least 4 members (excludes halogenated alkanes) is 5. The van der Waals surface area contributed by atoms with Crippen LogP contribution in [0, 0.1) is 0 Å². The number of rotatable bonds is 15. The largest absolute Gasteiger partial charge is 0.494 e. The predicted octanol–water partition coefficient (Wildman–Crippen LogP) is 5.02. The van der Waals surface area contributed by atoms with Crippen molar-refractivity contribution in [2.45, 2.75) is 70.0 Å². The van der Waals surface area contributed by atoms with Crippen LogP contribution in [0.5, 0.6) is 5.75 Å². The zero-order chi connectivity index (χ0) is 21.8. The molecule has 0 spiro atoms. The van der Waals surface area contributed by atoms with Crippen molar-refractivity contribution in [3.05, 3.63) is 29.3 Å². The van der Waals surface area contributed by atoms with Gasteiger partial charge in [-0.3, -0.25) is 0 Å². The van der Waals surface area contributed by atoms with E-state index < -0.39 is 32.6 Å². The first kappa shape index (κ1) is 25.8. The van der Waals surface area contributed by atoms with Crippen molar-refractivity contribution in [1.82, 2.24) is 0 Å². The Morgan fingerprint density at radius 3 is 2.45 bits per heavy atom. The number of hydrogen-bond acceptors (Lipinski definition) is 5. The fourth-order valence-corrected chi connectivity index (χ4v) is 3.25. The van der Waals surface area contributed by atoms with Crippen molar-refractivity contribution in [3.63, 3.8) is 0 Å². The molecule has 5 nitrogen and oxygen atoms in total. The van der Waals surface area contributed by atoms with E-state index >= 15 is 0 Å². The average molecular weight is 438 g/mol. The lowest BCUT2D eigenvalue weighted by atomic mass is 9.93. The van der Waals surface area contributed by atoms with Crippen molar-refractivity contribution in [2.24, 2.45) is 5.73 Å².